The summed E-state index contributed by atoms with van der Waals surface area (Å²) < 4.78 is 4.99. The number of piperazine rings is 1. The summed E-state index contributed by atoms with van der Waals surface area (Å²) in [5.74, 6) is -0.163. The maximum Gasteiger partial charge on any atom is 0.409 e. The van der Waals surface area contributed by atoms with Crippen LogP contribution < -0.4 is 5.32 Å². The quantitative estimate of drug-likeness (QED) is 0.880. The number of hydrogen-bond acceptors (Lipinski definition) is 4. The molecular formula is C16H21Cl2N3O3. The lowest BCUT2D eigenvalue weighted by molar-refractivity contribution is -0.121. The van der Waals surface area contributed by atoms with Crippen LogP contribution in [0.1, 0.15) is 13.8 Å². The molecule has 1 aliphatic heterocycles. The van der Waals surface area contributed by atoms with E-state index in [0.717, 1.165) is 0 Å². The molecule has 1 heterocycles. The topological polar surface area (TPSA) is 61.9 Å². The zero-order chi connectivity index (χ0) is 17.7. The van der Waals surface area contributed by atoms with Gasteiger partial charge in [0.05, 0.1) is 23.4 Å². The van der Waals surface area contributed by atoms with Gasteiger partial charge in [-0.1, -0.05) is 23.2 Å². The average molecular weight is 374 g/mol. The van der Waals surface area contributed by atoms with E-state index in [1.807, 2.05) is 11.8 Å². The van der Waals surface area contributed by atoms with Crippen LogP contribution in [0.4, 0.5) is 10.5 Å². The number of carbonyl (C=O) groups is 2. The molecule has 0 aliphatic carbocycles. The van der Waals surface area contributed by atoms with Gasteiger partial charge in [-0.15, -0.1) is 0 Å². The van der Waals surface area contributed by atoms with Crippen molar-refractivity contribution in [2.45, 2.75) is 19.9 Å². The molecule has 1 N–H and O–H groups in total. The number of nitrogens with zero attached hydrogens (tertiary/aromatic N) is 2. The number of anilines is 1. The molecule has 1 aromatic carbocycles. The van der Waals surface area contributed by atoms with E-state index in [9.17, 15) is 9.59 Å². The Kier molecular flexibility index (Phi) is 6.71. The van der Waals surface area contributed by atoms with E-state index in [1.165, 1.54) is 0 Å². The molecule has 1 fully saturated rings. The largest absolute Gasteiger partial charge is 0.450 e. The lowest BCUT2D eigenvalue weighted by Gasteiger charge is -2.36. The van der Waals surface area contributed by atoms with Gasteiger partial charge in [0, 0.05) is 31.2 Å². The Hall–Kier alpha value is -1.50. The predicted octanol–water partition coefficient (Wildman–Crippen LogP) is 3.09. The minimum absolute atomic E-state index is 0.163. The van der Waals surface area contributed by atoms with Crippen LogP contribution in [0.25, 0.3) is 0 Å². The molecule has 6 nitrogen and oxygen atoms in total. The molecule has 1 aliphatic rings. The van der Waals surface area contributed by atoms with Crippen molar-refractivity contribution in [3.63, 3.8) is 0 Å². The predicted molar refractivity (Wildman–Crippen MR) is 94.7 cm³/mol. The molecule has 2 rings (SSSR count). The van der Waals surface area contributed by atoms with Gasteiger partial charge in [-0.25, -0.2) is 4.79 Å². The van der Waals surface area contributed by atoms with Crippen molar-refractivity contribution in [3.8, 4) is 0 Å². The number of amides is 2. The SMILES string of the molecule is CCOC(=O)N1CCN(C(C)C(=O)Nc2cc(Cl)ccc2Cl)CC1. The number of ether oxygens (including phenoxy) is 1. The summed E-state index contributed by atoms with van der Waals surface area (Å²) in [4.78, 5) is 27.8. The van der Waals surface area contributed by atoms with Gasteiger partial charge in [-0.3, -0.25) is 9.69 Å². The van der Waals surface area contributed by atoms with Gasteiger partial charge in [-0.2, -0.15) is 0 Å². The third-order valence-electron chi connectivity index (χ3n) is 3.95. The molecule has 1 saturated heterocycles. The van der Waals surface area contributed by atoms with Crippen LogP contribution in [0.2, 0.25) is 10.0 Å². The van der Waals surface area contributed by atoms with E-state index >= 15 is 0 Å². The van der Waals surface area contributed by atoms with Gasteiger partial charge >= 0.3 is 6.09 Å². The molecule has 132 valence electrons. The zero-order valence-corrected chi connectivity index (χ0v) is 15.2. The second-order valence-corrected chi connectivity index (χ2v) is 6.35. The highest BCUT2D eigenvalue weighted by Crippen LogP contribution is 2.25. The van der Waals surface area contributed by atoms with Crippen LogP contribution in [0.15, 0.2) is 18.2 Å². The Labute approximate surface area is 151 Å². The molecule has 1 aromatic rings. The minimum Gasteiger partial charge on any atom is -0.450 e. The Morgan fingerprint density at radius 2 is 1.92 bits per heavy atom. The fraction of sp³-hybridized carbons (Fsp3) is 0.500. The Balaban J connectivity index is 1.90. The molecule has 8 heteroatoms. The summed E-state index contributed by atoms with van der Waals surface area (Å²) in [5, 5.41) is 3.74. The molecule has 0 radical (unpaired) electrons. The maximum atomic E-state index is 12.4. The van der Waals surface area contributed by atoms with Crippen molar-refractivity contribution in [1.82, 2.24) is 9.80 Å². The zero-order valence-electron chi connectivity index (χ0n) is 13.7. The minimum atomic E-state index is -0.343. The summed E-state index contributed by atoms with van der Waals surface area (Å²) in [6.45, 7) is 6.25. The van der Waals surface area contributed by atoms with Crippen LogP contribution in [0.3, 0.4) is 0 Å². The Morgan fingerprint density at radius 1 is 1.25 bits per heavy atom. The van der Waals surface area contributed by atoms with Crippen LogP contribution in [-0.2, 0) is 9.53 Å². The van der Waals surface area contributed by atoms with Gasteiger partial charge in [0.25, 0.3) is 0 Å². The third kappa shape index (κ3) is 4.75. The second kappa shape index (κ2) is 8.55. The standard InChI is InChI=1S/C16H21Cl2N3O3/c1-3-24-16(23)21-8-6-20(7-9-21)11(2)15(22)19-14-10-12(17)4-5-13(14)18/h4-5,10-11H,3,6-9H2,1-2H3,(H,19,22). The van der Waals surface area contributed by atoms with Gasteiger partial charge in [0.15, 0.2) is 0 Å². The highest BCUT2D eigenvalue weighted by atomic mass is 35.5. The van der Waals surface area contributed by atoms with Crippen molar-refractivity contribution < 1.29 is 14.3 Å². The molecule has 0 saturated carbocycles. The highest BCUT2D eigenvalue weighted by Gasteiger charge is 2.28. The first kappa shape index (κ1) is 18.8. The van der Waals surface area contributed by atoms with Crippen LogP contribution in [0, 0.1) is 0 Å². The number of hydrogen-bond donors (Lipinski definition) is 1. The number of carbonyl (C=O) groups excluding carboxylic acids is 2. The summed E-state index contributed by atoms with van der Waals surface area (Å²) >= 11 is 12.0. The highest BCUT2D eigenvalue weighted by molar-refractivity contribution is 6.35. The van der Waals surface area contributed by atoms with Crippen molar-refractivity contribution in [1.29, 1.82) is 0 Å². The van der Waals surface area contributed by atoms with Crippen molar-refractivity contribution in [3.05, 3.63) is 28.2 Å². The van der Waals surface area contributed by atoms with E-state index < -0.39 is 0 Å². The molecule has 1 unspecified atom stereocenters. The van der Waals surface area contributed by atoms with E-state index in [0.29, 0.717) is 48.5 Å². The van der Waals surface area contributed by atoms with E-state index in [-0.39, 0.29) is 18.0 Å². The molecule has 0 bridgehead atoms. The van der Waals surface area contributed by atoms with E-state index in [2.05, 4.69) is 5.32 Å². The Morgan fingerprint density at radius 3 is 2.54 bits per heavy atom. The fourth-order valence-corrected chi connectivity index (χ4v) is 2.84. The van der Waals surface area contributed by atoms with E-state index in [1.54, 1.807) is 30.0 Å². The smallest absolute Gasteiger partial charge is 0.409 e. The summed E-state index contributed by atoms with van der Waals surface area (Å²) in [6, 6.07) is 4.58. The maximum absolute atomic E-state index is 12.4. The first-order valence-corrected chi connectivity index (χ1v) is 8.59. The first-order chi connectivity index (χ1) is 11.4. The molecule has 2 amide bonds. The first-order valence-electron chi connectivity index (χ1n) is 7.84. The summed E-state index contributed by atoms with van der Waals surface area (Å²) in [7, 11) is 0. The van der Waals surface area contributed by atoms with E-state index in [4.69, 9.17) is 27.9 Å². The van der Waals surface area contributed by atoms with Crippen molar-refractivity contribution >= 4 is 40.9 Å². The van der Waals surface area contributed by atoms with Gasteiger partial charge < -0.3 is 15.0 Å². The van der Waals surface area contributed by atoms with Gasteiger partial charge in [0.2, 0.25) is 5.91 Å². The van der Waals surface area contributed by atoms with Gasteiger partial charge in [-0.05, 0) is 32.0 Å². The van der Waals surface area contributed by atoms with Gasteiger partial charge in [0.1, 0.15) is 0 Å². The monoisotopic (exact) mass is 373 g/mol. The number of benzene rings is 1. The summed E-state index contributed by atoms with van der Waals surface area (Å²) in [5.41, 5.74) is 0.492. The number of rotatable bonds is 4. The van der Waals surface area contributed by atoms with Crippen molar-refractivity contribution in [2.24, 2.45) is 0 Å². The second-order valence-electron chi connectivity index (χ2n) is 5.51. The van der Waals surface area contributed by atoms with Crippen LogP contribution in [-0.4, -0.2) is 60.6 Å². The summed E-state index contributed by atoms with van der Waals surface area (Å²) in [6.07, 6.45) is -0.306. The molecular weight excluding hydrogens is 353 g/mol. The molecule has 0 spiro atoms. The van der Waals surface area contributed by atoms with Crippen molar-refractivity contribution in [2.75, 3.05) is 38.1 Å². The normalized spacial score (nSPS) is 16.6. The van der Waals surface area contributed by atoms with Crippen LogP contribution in [0.5, 0.6) is 0 Å². The molecule has 1 atom stereocenters. The lowest BCUT2D eigenvalue weighted by atomic mass is 10.2. The fourth-order valence-electron chi connectivity index (χ4n) is 2.50. The lowest BCUT2D eigenvalue weighted by Crippen LogP contribution is -2.54. The molecule has 0 aromatic heterocycles. The third-order valence-corrected chi connectivity index (χ3v) is 4.52. The number of nitrogens with one attached hydrogen (secondary N) is 1. The molecule has 24 heavy (non-hydrogen) atoms. The Bertz CT molecular complexity index is 604. The van der Waals surface area contributed by atoms with Crippen LogP contribution >= 0.6 is 23.2 Å². The average Bonchev–Trinajstić information content (AvgIpc) is 2.57. The number of halogens is 2.